The molecule has 0 aromatic rings. The number of likely N-dealkylation sites (tertiary alicyclic amines) is 2. The van der Waals surface area contributed by atoms with Gasteiger partial charge in [-0.05, 0) is 107 Å². The fourth-order valence-corrected chi connectivity index (χ4v) is 8.82. The van der Waals surface area contributed by atoms with Gasteiger partial charge in [-0.1, -0.05) is 67.5 Å². The highest BCUT2D eigenvalue weighted by Gasteiger charge is 2.58. The van der Waals surface area contributed by atoms with E-state index in [2.05, 4.69) is 0 Å². The molecule has 338 valence electrons. The van der Waals surface area contributed by atoms with Crippen LogP contribution in [0.25, 0.3) is 0 Å². The van der Waals surface area contributed by atoms with E-state index in [1.165, 1.54) is 16.9 Å². The number of hydrogen-bond acceptors (Lipinski definition) is 12. The van der Waals surface area contributed by atoms with E-state index in [9.17, 15) is 39.0 Å². The highest BCUT2D eigenvalue weighted by molar-refractivity contribution is 6.38. The van der Waals surface area contributed by atoms with Crippen LogP contribution in [0.1, 0.15) is 133 Å². The largest absolute Gasteiger partial charge is 0.461 e. The number of carbonyl (C=O) groups excluding carboxylic acids is 6. The number of piperidine rings is 2. The Kier molecular flexibility index (Phi) is 16.5. The van der Waals surface area contributed by atoms with E-state index < -0.39 is 100 Å². The Bertz CT molecular complexity index is 1650. The van der Waals surface area contributed by atoms with E-state index in [-0.39, 0.29) is 37.8 Å². The lowest BCUT2D eigenvalue weighted by molar-refractivity contribution is -0.244. The minimum atomic E-state index is -2.90. The van der Waals surface area contributed by atoms with Crippen LogP contribution in [0.3, 0.4) is 0 Å². The number of allylic oxidation sites excluding steroid dienone is 2. The summed E-state index contributed by atoms with van der Waals surface area (Å²) in [4.78, 5) is 85.9. The van der Waals surface area contributed by atoms with E-state index in [1.54, 1.807) is 40.7 Å². The summed E-state index contributed by atoms with van der Waals surface area (Å²) in [6.07, 6.45) is 6.73. The van der Waals surface area contributed by atoms with Gasteiger partial charge in [-0.3, -0.25) is 19.2 Å². The summed E-state index contributed by atoms with van der Waals surface area (Å²) < 4.78 is 23.4. The van der Waals surface area contributed by atoms with Gasteiger partial charge in [0.1, 0.15) is 24.3 Å². The molecule has 14 nitrogen and oxygen atoms in total. The molecule has 2 amide bonds. The summed E-state index contributed by atoms with van der Waals surface area (Å²) in [6, 6.07) is -2.12. The second-order valence-corrected chi connectivity index (χ2v) is 19.3. The third-order valence-corrected chi connectivity index (χ3v) is 13.5. The number of Topliss-reactive ketones (excluding diaryl/α,β-unsaturated/α-hetero) is 2. The minimum Gasteiger partial charge on any atom is -0.461 e. The summed E-state index contributed by atoms with van der Waals surface area (Å²) in [7, 11) is 1.54. The maximum Gasteiger partial charge on any atom is 0.329 e. The van der Waals surface area contributed by atoms with Crippen LogP contribution in [0, 0.1) is 28.6 Å². The van der Waals surface area contributed by atoms with Gasteiger partial charge in [-0.2, -0.15) is 0 Å². The summed E-state index contributed by atoms with van der Waals surface area (Å²) >= 11 is 0. The second-order valence-electron chi connectivity index (χ2n) is 19.3. The van der Waals surface area contributed by atoms with Crippen LogP contribution < -0.4 is 0 Å². The Morgan fingerprint density at radius 2 is 1.60 bits per heavy atom. The minimum absolute atomic E-state index is 0.0973. The van der Waals surface area contributed by atoms with Crippen molar-refractivity contribution in [3.05, 3.63) is 23.8 Å². The van der Waals surface area contributed by atoms with Gasteiger partial charge in [0.15, 0.2) is 0 Å². The monoisotopic (exact) mass is 845 g/mol. The van der Waals surface area contributed by atoms with Gasteiger partial charge >= 0.3 is 17.7 Å². The van der Waals surface area contributed by atoms with Crippen LogP contribution in [-0.2, 0) is 47.7 Å². The van der Waals surface area contributed by atoms with Crippen LogP contribution in [0.15, 0.2) is 23.8 Å². The first kappa shape index (κ1) is 49.2. The number of methoxy groups -OCH3 is 1. The molecule has 9 unspecified atom stereocenters. The van der Waals surface area contributed by atoms with Crippen molar-refractivity contribution >= 4 is 35.3 Å². The third-order valence-electron chi connectivity index (χ3n) is 13.5. The van der Waals surface area contributed by atoms with Gasteiger partial charge in [-0.25, -0.2) is 9.59 Å². The normalized spacial score (nSPS) is 30.2. The number of ketones is 2. The molecule has 4 aliphatic rings. The van der Waals surface area contributed by atoms with E-state index in [4.69, 9.17) is 18.9 Å². The van der Waals surface area contributed by atoms with Crippen LogP contribution >= 0.6 is 0 Å². The molecule has 3 saturated heterocycles. The van der Waals surface area contributed by atoms with Crippen molar-refractivity contribution < 1.29 is 57.9 Å². The lowest BCUT2D eigenvalue weighted by atomic mass is 9.67. The number of amides is 2. The zero-order chi connectivity index (χ0) is 44.9. The lowest BCUT2D eigenvalue weighted by Gasteiger charge is -2.48. The van der Waals surface area contributed by atoms with Gasteiger partial charge in [0.25, 0.3) is 11.8 Å². The first-order valence-corrected chi connectivity index (χ1v) is 22.1. The summed E-state index contributed by atoms with van der Waals surface area (Å²) in [5.74, 6) is -8.47. The molecule has 0 saturated carbocycles. The average Bonchev–Trinajstić information content (AvgIpc) is 3.33. The molecular weight excluding hydrogens is 773 g/mol. The van der Waals surface area contributed by atoms with Gasteiger partial charge in [0.2, 0.25) is 11.6 Å². The zero-order valence-corrected chi connectivity index (χ0v) is 37.9. The standard InChI is InChI=1S/C46H72N2O12/c1-12-44(7,8)39(51)40(52)47-24-22-31(26-33(47)42(54)58-28(4)5)45(9,10)37-21-16-29(6)38(50)46(56,60-37)43(55)48-23-14-13-15-32(48)41(53)59-35(27(2)3)20-18-30-17-19-34(49)36(25-30)57-11/h18,20,25,27-29,31-37,49,56H,12-17,19,21-24,26H2,1-11H3/b20-18+. The molecular formula is C46H72N2O12. The van der Waals surface area contributed by atoms with Gasteiger partial charge in [-0.15, -0.1) is 0 Å². The molecule has 0 bridgehead atoms. The number of ether oxygens (including phenoxy) is 4. The Hall–Kier alpha value is -3.46. The molecule has 0 aromatic carbocycles. The molecule has 0 spiro atoms. The van der Waals surface area contributed by atoms with Crippen LogP contribution in [0.2, 0.25) is 0 Å². The number of carbonyl (C=O) groups is 6. The average molecular weight is 845 g/mol. The van der Waals surface area contributed by atoms with Gasteiger partial charge in [0, 0.05) is 31.5 Å². The van der Waals surface area contributed by atoms with Crippen molar-refractivity contribution in [1.29, 1.82) is 0 Å². The van der Waals surface area contributed by atoms with Crippen molar-refractivity contribution in [1.82, 2.24) is 9.80 Å². The molecule has 60 heavy (non-hydrogen) atoms. The summed E-state index contributed by atoms with van der Waals surface area (Å²) in [5.41, 5.74) is -0.834. The molecule has 14 heteroatoms. The first-order valence-electron chi connectivity index (χ1n) is 22.1. The quantitative estimate of drug-likeness (QED) is 0.132. The molecule has 0 radical (unpaired) electrons. The predicted octanol–water partition coefficient (Wildman–Crippen LogP) is 5.25. The highest BCUT2D eigenvalue weighted by Crippen LogP contribution is 2.46. The fourth-order valence-electron chi connectivity index (χ4n) is 8.82. The molecule has 2 N–H and O–H groups in total. The number of esters is 2. The van der Waals surface area contributed by atoms with Crippen molar-refractivity contribution in [3.8, 4) is 0 Å². The number of aliphatic hydroxyl groups is 2. The number of aliphatic hydroxyl groups excluding tert-OH is 1. The van der Waals surface area contributed by atoms with Crippen LogP contribution in [0.4, 0.5) is 0 Å². The van der Waals surface area contributed by atoms with Gasteiger partial charge in [0.05, 0.1) is 18.3 Å². The zero-order valence-electron chi connectivity index (χ0n) is 37.9. The van der Waals surface area contributed by atoms with E-state index >= 15 is 0 Å². The molecule has 3 fully saturated rings. The SMILES string of the molecule is CCC(C)(C)C(=O)C(=O)N1CCC(C(C)(C)C2CCC(C)C(=O)C(O)(C(=O)N3CCCCC3C(=O)OC(/C=C/C3=CC(OC)C(O)CC3)C(C)C)O2)CC1C(=O)OC(C)C. The second kappa shape index (κ2) is 20.2. The molecule has 3 aliphatic heterocycles. The van der Waals surface area contributed by atoms with Crippen LogP contribution in [0.5, 0.6) is 0 Å². The summed E-state index contributed by atoms with van der Waals surface area (Å²) in [6.45, 7) is 18.1. The smallest absolute Gasteiger partial charge is 0.329 e. The van der Waals surface area contributed by atoms with E-state index in [0.717, 1.165) is 5.57 Å². The first-order chi connectivity index (χ1) is 28.0. The number of nitrogens with zero attached hydrogens (tertiary/aromatic N) is 2. The molecule has 9 atom stereocenters. The Balaban J connectivity index is 1.58. The van der Waals surface area contributed by atoms with Crippen molar-refractivity contribution in [2.24, 2.45) is 28.6 Å². The Labute approximate surface area is 356 Å². The van der Waals surface area contributed by atoms with Crippen molar-refractivity contribution in [2.75, 3.05) is 20.2 Å². The molecule has 1 aliphatic carbocycles. The Morgan fingerprint density at radius 3 is 2.22 bits per heavy atom. The number of hydrogen-bond donors (Lipinski definition) is 2. The molecule has 4 rings (SSSR count). The van der Waals surface area contributed by atoms with E-state index in [1.807, 2.05) is 46.8 Å². The van der Waals surface area contributed by atoms with Crippen molar-refractivity contribution in [3.63, 3.8) is 0 Å². The predicted molar refractivity (Wildman–Crippen MR) is 223 cm³/mol. The molecule has 3 heterocycles. The third kappa shape index (κ3) is 10.9. The van der Waals surface area contributed by atoms with E-state index in [0.29, 0.717) is 51.4 Å². The van der Waals surface area contributed by atoms with Gasteiger partial charge < -0.3 is 39.0 Å². The molecule has 0 aromatic heterocycles. The van der Waals surface area contributed by atoms with Crippen molar-refractivity contribution in [2.45, 2.75) is 182 Å². The summed E-state index contributed by atoms with van der Waals surface area (Å²) in [5, 5.41) is 22.5. The lowest BCUT2D eigenvalue weighted by Crippen LogP contribution is -2.63. The highest BCUT2D eigenvalue weighted by atomic mass is 16.6. The maximum atomic E-state index is 14.6. The maximum absolute atomic E-state index is 14.6. The topological polar surface area (TPSA) is 186 Å². The fraction of sp³-hybridized carbons (Fsp3) is 0.783. The Morgan fingerprint density at radius 1 is 0.933 bits per heavy atom. The van der Waals surface area contributed by atoms with Crippen LogP contribution in [-0.4, -0.2) is 124 Å². The number of rotatable bonds is 14.